The highest BCUT2D eigenvalue weighted by Gasteiger charge is 2.36. The number of hydrogen-bond donors (Lipinski definition) is 3. The number of amides is 1. The van der Waals surface area contributed by atoms with Crippen molar-refractivity contribution >= 4 is 17.2 Å². The lowest BCUT2D eigenvalue weighted by Crippen LogP contribution is -2.47. The minimum absolute atomic E-state index is 0.0352. The molecule has 21 heavy (non-hydrogen) atoms. The van der Waals surface area contributed by atoms with Crippen molar-refractivity contribution in [2.45, 2.75) is 56.1 Å². The van der Waals surface area contributed by atoms with Crippen LogP contribution in [-0.2, 0) is 10.2 Å². The van der Waals surface area contributed by atoms with Gasteiger partial charge >= 0.3 is 0 Å². The lowest BCUT2D eigenvalue weighted by atomic mass is 9.73. The first-order valence-electron chi connectivity index (χ1n) is 7.93. The average molecular weight is 308 g/mol. The van der Waals surface area contributed by atoms with Crippen LogP contribution >= 0.6 is 11.3 Å². The number of β-amino-alcohol motifs (C(OH)–C–C–N with tert-alkyl or cyclic N) is 1. The number of thiophene rings is 1. The summed E-state index contributed by atoms with van der Waals surface area (Å²) in [6.45, 7) is 1.24. The molecule has 5 heteroatoms. The maximum absolute atomic E-state index is 12.3. The van der Waals surface area contributed by atoms with Gasteiger partial charge in [-0.25, -0.2) is 0 Å². The lowest BCUT2D eigenvalue weighted by Gasteiger charge is -2.37. The van der Waals surface area contributed by atoms with E-state index in [9.17, 15) is 9.90 Å². The standard InChI is InChI=1S/C16H24N2O2S/c19-12-9-13(17-10-12)15(20)18-11-16(6-2-1-3-7-16)14-5-4-8-21-14/h4-5,8,12-13,17,19H,1-3,6-7,9-11H2,(H,18,20). The summed E-state index contributed by atoms with van der Waals surface area (Å²) in [6, 6.07) is 4.08. The molecular weight excluding hydrogens is 284 g/mol. The highest BCUT2D eigenvalue weighted by Crippen LogP contribution is 2.41. The Kier molecular flexibility index (Phi) is 4.62. The van der Waals surface area contributed by atoms with E-state index in [2.05, 4.69) is 28.1 Å². The van der Waals surface area contributed by atoms with Gasteiger partial charge in [-0.1, -0.05) is 25.3 Å². The molecular formula is C16H24N2O2S. The molecule has 0 aromatic carbocycles. The quantitative estimate of drug-likeness (QED) is 0.795. The first kappa shape index (κ1) is 15.0. The third-order valence-corrected chi connectivity index (χ3v) is 6.00. The van der Waals surface area contributed by atoms with Gasteiger partial charge in [-0.15, -0.1) is 11.3 Å². The van der Waals surface area contributed by atoms with Gasteiger partial charge in [0.15, 0.2) is 0 Å². The van der Waals surface area contributed by atoms with Crippen LogP contribution in [0.1, 0.15) is 43.4 Å². The summed E-state index contributed by atoms with van der Waals surface area (Å²) in [5, 5.41) is 17.9. The number of aliphatic hydroxyl groups is 1. The van der Waals surface area contributed by atoms with E-state index in [1.807, 2.05) is 0 Å². The predicted molar refractivity (Wildman–Crippen MR) is 84.5 cm³/mol. The van der Waals surface area contributed by atoms with Crippen LogP contribution in [-0.4, -0.2) is 36.2 Å². The summed E-state index contributed by atoms with van der Waals surface area (Å²) in [5.74, 6) is 0.0352. The van der Waals surface area contributed by atoms with E-state index < -0.39 is 0 Å². The largest absolute Gasteiger partial charge is 0.392 e. The second-order valence-electron chi connectivity index (χ2n) is 6.39. The molecule has 1 aromatic rings. The molecule has 1 aromatic heterocycles. The van der Waals surface area contributed by atoms with Gasteiger partial charge in [0.2, 0.25) is 5.91 Å². The molecule has 3 rings (SSSR count). The second-order valence-corrected chi connectivity index (χ2v) is 7.33. The number of nitrogens with one attached hydrogen (secondary N) is 2. The molecule has 2 unspecified atom stereocenters. The number of rotatable bonds is 4. The summed E-state index contributed by atoms with van der Waals surface area (Å²) >= 11 is 1.81. The molecule has 2 aliphatic rings. The van der Waals surface area contributed by atoms with Crippen molar-refractivity contribution in [3.63, 3.8) is 0 Å². The van der Waals surface area contributed by atoms with Gasteiger partial charge in [0.25, 0.3) is 0 Å². The lowest BCUT2D eigenvalue weighted by molar-refractivity contribution is -0.123. The van der Waals surface area contributed by atoms with Crippen molar-refractivity contribution in [2.24, 2.45) is 0 Å². The second kappa shape index (κ2) is 6.46. The van der Waals surface area contributed by atoms with Gasteiger partial charge in [0, 0.05) is 23.4 Å². The zero-order valence-electron chi connectivity index (χ0n) is 12.3. The molecule has 0 radical (unpaired) electrons. The van der Waals surface area contributed by atoms with Crippen LogP contribution < -0.4 is 10.6 Å². The van der Waals surface area contributed by atoms with E-state index in [1.165, 1.54) is 24.1 Å². The fraction of sp³-hybridized carbons (Fsp3) is 0.688. The van der Waals surface area contributed by atoms with Crippen LogP contribution in [0.5, 0.6) is 0 Å². The third kappa shape index (κ3) is 3.30. The fourth-order valence-corrected chi connectivity index (χ4v) is 4.60. The highest BCUT2D eigenvalue weighted by atomic mass is 32.1. The summed E-state index contributed by atoms with van der Waals surface area (Å²) in [5.41, 5.74) is 0.124. The first-order valence-corrected chi connectivity index (χ1v) is 8.81. The molecule has 2 heterocycles. The predicted octanol–water partition coefficient (Wildman–Crippen LogP) is 1.79. The highest BCUT2D eigenvalue weighted by molar-refractivity contribution is 7.10. The monoisotopic (exact) mass is 308 g/mol. The Labute approximate surface area is 129 Å². The number of carbonyl (C=O) groups excluding carboxylic acids is 1. The van der Waals surface area contributed by atoms with E-state index in [4.69, 9.17) is 0 Å². The Morgan fingerprint density at radius 1 is 1.43 bits per heavy atom. The zero-order chi connectivity index (χ0) is 14.7. The van der Waals surface area contributed by atoms with Crippen molar-refractivity contribution in [3.05, 3.63) is 22.4 Å². The number of carbonyl (C=O) groups is 1. The topological polar surface area (TPSA) is 61.4 Å². The molecule has 116 valence electrons. The van der Waals surface area contributed by atoms with Crippen molar-refractivity contribution in [3.8, 4) is 0 Å². The van der Waals surface area contributed by atoms with Gasteiger partial charge in [-0.2, -0.15) is 0 Å². The molecule has 1 aliphatic heterocycles. The van der Waals surface area contributed by atoms with Crippen LogP contribution in [0.25, 0.3) is 0 Å². The van der Waals surface area contributed by atoms with E-state index in [-0.39, 0.29) is 23.5 Å². The molecule has 2 fully saturated rings. The smallest absolute Gasteiger partial charge is 0.237 e. The Hall–Kier alpha value is -0.910. The first-order chi connectivity index (χ1) is 10.2. The molecule has 4 nitrogen and oxygen atoms in total. The molecule has 0 spiro atoms. The minimum atomic E-state index is -0.387. The summed E-state index contributed by atoms with van der Waals surface area (Å²) < 4.78 is 0. The maximum Gasteiger partial charge on any atom is 0.237 e. The van der Waals surface area contributed by atoms with E-state index in [0.29, 0.717) is 13.0 Å². The van der Waals surface area contributed by atoms with Crippen molar-refractivity contribution in [2.75, 3.05) is 13.1 Å². The number of aliphatic hydroxyl groups excluding tert-OH is 1. The van der Waals surface area contributed by atoms with E-state index in [0.717, 1.165) is 19.4 Å². The summed E-state index contributed by atoms with van der Waals surface area (Å²) in [6.07, 6.45) is 6.25. The van der Waals surface area contributed by atoms with Crippen LogP contribution in [0.3, 0.4) is 0 Å². The maximum atomic E-state index is 12.3. The molecule has 1 saturated heterocycles. The van der Waals surface area contributed by atoms with Crippen LogP contribution in [0.15, 0.2) is 17.5 Å². The summed E-state index contributed by atoms with van der Waals surface area (Å²) in [4.78, 5) is 13.7. The van der Waals surface area contributed by atoms with Gasteiger partial charge in [-0.05, 0) is 30.7 Å². The Morgan fingerprint density at radius 3 is 2.86 bits per heavy atom. The van der Waals surface area contributed by atoms with Gasteiger partial charge in [0.05, 0.1) is 12.1 Å². The molecule has 2 atom stereocenters. The number of hydrogen-bond acceptors (Lipinski definition) is 4. The van der Waals surface area contributed by atoms with Gasteiger partial charge < -0.3 is 15.7 Å². The fourth-order valence-electron chi connectivity index (χ4n) is 3.62. The van der Waals surface area contributed by atoms with Crippen LogP contribution in [0, 0.1) is 0 Å². The van der Waals surface area contributed by atoms with Crippen molar-refractivity contribution in [1.29, 1.82) is 0 Å². The Morgan fingerprint density at radius 2 is 2.24 bits per heavy atom. The zero-order valence-corrected chi connectivity index (χ0v) is 13.1. The third-order valence-electron chi connectivity index (χ3n) is 4.88. The van der Waals surface area contributed by atoms with E-state index >= 15 is 0 Å². The van der Waals surface area contributed by atoms with Crippen LogP contribution in [0.4, 0.5) is 0 Å². The molecule has 1 aliphatic carbocycles. The van der Waals surface area contributed by atoms with Crippen molar-refractivity contribution < 1.29 is 9.90 Å². The molecule has 1 saturated carbocycles. The SMILES string of the molecule is O=C(NCC1(c2cccs2)CCCCC1)C1CC(O)CN1. The summed E-state index contributed by atoms with van der Waals surface area (Å²) in [7, 11) is 0. The van der Waals surface area contributed by atoms with Crippen molar-refractivity contribution in [1.82, 2.24) is 10.6 Å². The average Bonchev–Trinajstić information content (AvgIpc) is 3.17. The normalized spacial score (nSPS) is 28.4. The molecule has 1 amide bonds. The molecule has 0 bridgehead atoms. The van der Waals surface area contributed by atoms with Crippen LogP contribution in [0.2, 0.25) is 0 Å². The van der Waals surface area contributed by atoms with Gasteiger partial charge in [0.1, 0.15) is 0 Å². The van der Waals surface area contributed by atoms with Gasteiger partial charge in [-0.3, -0.25) is 4.79 Å². The minimum Gasteiger partial charge on any atom is -0.392 e. The molecule has 3 N–H and O–H groups in total. The Balaban J connectivity index is 1.64. The van der Waals surface area contributed by atoms with E-state index in [1.54, 1.807) is 11.3 Å². The Bertz CT molecular complexity index is 469.